The molecule has 2 aromatic carbocycles. The summed E-state index contributed by atoms with van der Waals surface area (Å²) in [6.45, 7) is 3.59. The zero-order valence-electron chi connectivity index (χ0n) is 14.0. The Hall–Kier alpha value is -1.60. The van der Waals surface area contributed by atoms with Gasteiger partial charge >= 0.3 is 5.97 Å². The molecule has 1 unspecified atom stereocenters. The Kier molecular flexibility index (Phi) is 7.25. The van der Waals surface area contributed by atoms with Crippen LogP contribution in [0.25, 0.3) is 0 Å². The highest BCUT2D eigenvalue weighted by Crippen LogP contribution is 2.22. The molecule has 0 spiro atoms. The number of hydrogen-bond donors (Lipinski definition) is 1. The van der Waals surface area contributed by atoms with Gasteiger partial charge in [-0.05, 0) is 60.2 Å². The van der Waals surface area contributed by atoms with Gasteiger partial charge < -0.3 is 10.1 Å². The Morgan fingerprint density at radius 1 is 1.16 bits per heavy atom. The Labute approximate surface area is 166 Å². The van der Waals surface area contributed by atoms with Crippen LogP contribution < -0.4 is 5.32 Å². The van der Waals surface area contributed by atoms with E-state index >= 15 is 0 Å². The van der Waals surface area contributed by atoms with Gasteiger partial charge in [0.2, 0.25) is 0 Å². The molecule has 0 aliphatic carbocycles. The maximum atomic E-state index is 12.7. The third kappa shape index (κ3) is 6.01. The van der Waals surface area contributed by atoms with Crippen molar-refractivity contribution in [3.8, 4) is 0 Å². The molecule has 0 aliphatic rings. The summed E-state index contributed by atoms with van der Waals surface area (Å²) in [5.74, 6) is -0.609. The third-order valence-corrected chi connectivity index (χ3v) is 4.55. The average Bonchev–Trinajstić information content (AvgIpc) is 2.54. The Morgan fingerprint density at radius 3 is 2.44 bits per heavy atom. The lowest BCUT2D eigenvalue weighted by atomic mass is 10.0. The van der Waals surface area contributed by atoms with E-state index in [2.05, 4.69) is 27.9 Å². The Balaban J connectivity index is 2.20. The first-order valence-corrected chi connectivity index (χ1v) is 9.33. The van der Waals surface area contributed by atoms with Gasteiger partial charge in [0.1, 0.15) is 0 Å². The molecule has 2 aromatic rings. The van der Waals surface area contributed by atoms with Crippen molar-refractivity contribution in [2.24, 2.45) is 0 Å². The predicted octanol–water partition coefficient (Wildman–Crippen LogP) is 4.76. The fraction of sp³-hybridized carbons (Fsp3) is 0.263. The van der Waals surface area contributed by atoms with Crippen molar-refractivity contribution in [1.82, 2.24) is 5.32 Å². The molecule has 0 bridgehead atoms. The minimum Gasteiger partial charge on any atom is -0.463 e. The van der Waals surface area contributed by atoms with Gasteiger partial charge in [-0.2, -0.15) is 0 Å². The van der Waals surface area contributed by atoms with Crippen LogP contribution in [0.3, 0.4) is 0 Å². The molecule has 0 saturated heterocycles. The molecule has 0 heterocycles. The van der Waals surface area contributed by atoms with E-state index in [9.17, 15) is 9.59 Å². The molecule has 6 heteroatoms. The lowest BCUT2D eigenvalue weighted by Gasteiger charge is -2.20. The summed E-state index contributed by atoms with van der Waals surface area (Å²) in [5, 5.41) is 3.50. The molecular weight excluding hydrogens is 453 g/mol. The van der Waals surface area contributed by atoms with Crippen LogP contribution in [-0.2, 0) is 9.53 Å². The first kappa shape index (κ1) is 19.7. The van der Waals surface area contributed by atoms with Crippen molar-refractivity contribution in [2.75, 3.05) is 0 Å². The largest absolute Gasteiger partial charge is 0.463 e. The van der Waals surface area contributed by atoms with Gasteiger partial charge in [-0.3, -0.25) is 9.59 Å². The van der Waals surface area contributed by atoms with Gasteiger partial charge in [-0.1, -0.05) is 41.9 Å². The van der Waals surface area contributed by atoms with E-state index in [1.165, 1.54) is 0 Å². The van der Waals surface area contributed by atoms with Crippen molar-refractivity contribution in [3.05, 3.63) is 68.3 Å². The van der Waals surface area contributed by atoms with Crippen molar-refractivity contribution in [1.29, 1.82) is 0 Å². The number of carbonyl (C=O) groups excluding carboxylic acids is 2. The molecule has 0 aliphatic heterocycles. The van der Waals surface area contributed by atoms with Crippen molar-refractivity contribution < 1.29 is 14.3 Å². The second-order valence-corrected chi connectivity index (χ2v) is 7.40. The van der Waals surface area contributed by atoms with Crippen LogP contribution in [0.15, 0.2) is 48.5 Å². The van der Waals surface area contributed by atoms with Gasteiger partial charge in [0.25, 0.3) is 5.91 Å². The Bertz CT molecular complexity index is 750. The number of amides is 1. The molecule has 0 saturated carbocycles. The number of benzene rings is 2. The molecule has 1 amide bonds. The van der Waals surface area contributed by atoms with E-state index in [-0.39, 0.29) is 24.4 Å². The van der Waals surface area contributed by atoms with E-state index < -0.39 is 6.04 Å². The van der Waals surface area contributed by atoms with Crippen LogP contribution in [0.4, 0.5) is 0 Å². The van der Waals surface area contributed by atoms with Crippen LogP contribution in [-0.4, -0.2) is 18.0 Å². The van der Waals surface area contributed by atoms with E-state index in [1.807, 2.05) is 30.3 Å². The minimum atomic E-state index is -0.466. The first-order valence-electron chi connectivity index (χ1n) is 7.87. The van der Waals surface area contributed by atoms with Gasteiger partial charge in [0.05, 0.1) is 24.1 Å². The zero-order chi connectivity index (χ0) is 18.4. The van der Waals surface area contributed by atoms with Gasteiger partial charge in [-0.15, -0.1) is 0 Å². The van der Waals surface area contributed by atoms with E-state index in [1.54, 1.807) is 32.0 Å². The summed E-state index contributed by atoms with van der Waals surface area (Å²) in [6.07, 6.45) is -0.130. The molecule has 0 radical (unpaired) electrons. The Morgan fingerprint density at radius 2 is 1.84 bits per heavy atom. The van der Waals surface area contributed by atoms with Gasteiger partial charge in [0, 0.05) is 8.59 Å². The number of nitrogens with one attached hydrogen (secondary N) is 1. The number of hydrogen-bond acceptors (Lipinski definition) is 3. The van der Waals surface area contributed by atoms with Crippen LogP contribution in [0.1, 0.15) is 42.2 Å². The zero-order valence-corrected chi connectivity index (χ0v) is 16.9. The van der Waals surface area contributed by atoms with Gasteiger partial charge in [-0.25, -0.2) is 0 Å². The number of halogens is 2. The van der Waals surface area contributed by atoms with Crippen molar-refractivity contribution in [2.45, 2.75) is 32.4 Å². The summed E-state index contributed by atoms with van der Waals surface area (Å²) < 4.78 is 5.97. The van der Waals surface area contributed by atoms with E-state index in [0.717, 1.165) is 9.13 Å². The topological polar surface area (TPSA) is 55.4 Å². The maximum Gasteiger partial charge on any atom is 0.308 e. The van der Waals surface area contributed by atoms with Crippen LogP contribution in [0, 0.1) is 3.57 Å². The summed E-state index contributed by atoms with van der Waals surface area (Å²) >= 11 is 8.01. The second kappa shape index (κ2) is 9.20. The van der Waals surface area contributed by atoms with Gasteiger partial charge in [0.15, 0.2) is 0 Å². The second-order valence-electron chi connectivity index (χ2n) is 5.80. The molecule has 25 heavy (non-hydrogen) atoms. The number of carbonyl (C=O) groups is 2. The highest BCUT2D eigenvalue weighted by molar-refractivity contribution is 14.1. The fourth-order valence-corrected chi connectivity index (χ4v) is 3.44. The first-order chi connectivity index (χ1) is 11.9. The fourth-order valence-electron chi connectivity index (χ4n) is 2.32. The average molecular weight is 472 g/mol. The number of esters is 1. The maximum absolute atomic E-state index is 12.7. The highest BCUT2D eigenvalue weighted by atomic mass is 127. The number of ether oxygens (including phenoxy) is 1. The highest BCUT2D eigenvalue weighted by Gasteiger charge is 2.21. The molecule has 1 N–H and O–H groups in total. The predicted molar refractivity (Wildman–Crippen MR) is 107 cm³/mol. The summed E-state index contributed by atoms with van der Waals surface area (Å²) in [6, 6.07) is 14.0. The van der Waals surface area contributed by atoms with E-state index in [0.29, 0.717) is 10.6 Å². The van der Waals surface area contributed by atoms with Crippen LogP contribution >= 0.6 is 34.2 Å². The minimum absolute atomic E-state index is 0.0676. The molecule has 132 valence electrons. The van der Waals surface area contributed by atoms with E-state index in [4.69, 9.17) is 16.3 Å². The van der Waals surface area contributed by atoms with Crippen LogP contribution in [0.2, 0.25) is 5.02 Å². The quantitative estimate of drug-likeness (QED) is 0.488. The molecular formula is C19H19ClINO3. The lowest BCUT2D eigenvalue weighted by Crippen LogP contribution is -2.31. The molecule has 2 rings (SSSR count). The summed E-state index contributed by atoms with van der Waals surface area (Å²) in [5.41, 5.74) is 1.36. The summed E-state index contributed by atoms with van der Waals surface area (Å²) in [4.78, 5) is 24.7. The smallest absolute Gasteiger partial charge is 0.308 e. The molecule has 4 nitrogen and oxygen atoms in total. The monoisotopic (exact) mass is 471 g/mol. The summed E-state index contributed by atoms with van der Waals surface area (Å²) in [7, 11) is 0. The molecule has 1 atom stereocenters. The number of rotatable bonds is 6. The SMILES string of the molecule is CC(C)OC(=O)CC(NC(=O)c1ccc(Cl)cc1I)c1ccccc1. The van der Waals surface area contributed by atoms with Crippen LogP contribution in [0.5, 0.6) is 0 Å². The standard InChI is InChI=1S/C19H19ClINO3/c1-12(2)25-18(23)11-17(13-6-4-3-5-7-13)22-19(24)15-9-8-14(20)10-16(15)21/h3-10,12,17H,11H2,1-2H3,(H,22,24). The van der Waals surface area contributed by atoms with Crippen molar-refractivity contribution in [3.63, 3.8) is 0 Å². The third-order valence-electron chi connectivity index (χ3n) is 3.42. The molecule has 0 aromatic heterocycles. The molecule has 0 fully saturated rings. The van der Waals surface area contributed by atoms with Crippen molar-refractivity contribution >= 4 is 46.1 Å². The normalized spacial score (nSPS) is 11.9. The lowest BCUT2D eigenvalue weighted by molar-refractivity contribution is -0.147.